The molecule has 0 spiro atoms. The lowest BCUT2D eigenvalue weighted by Crippen LogP contribution is -2.29. The predicted octanol–water partition coefficient (Wildman–Crippen LogP) is 4.10. The number of benzene rings is 1. The van der Waals surface area contributed by atoms with Gasteiger partial charge in [-0.2, -0.15) is 0 Å². The van der Waals surface area contributed by atoms with Crippen molar-refractivity contribution in [3.63, 3.8) is 0 Å². The maximum absolute atomic E-state index is 2.74. The van der Waals surface area contributed by atoms with E-state index in [0.29, 0.717) is 0 Å². The molecule has 3 atom stereocenters. The number of fused-ring (bicyclic) bond motifs is 5. The van der Waals surface area contributed by atoms with Gasteiger partial charge in [0.25, 0.3) is 0 Å². The summed E-state index contributed by atoms with van der Waals surface area (Å²) >= 11 is 0. The maximum atomic E-state index is 2.74. The van der Waals surface area contributed by atoms with Crippen LogP contribution in [0.4, 0.5) is 0 Å². The van der Waals surface area contributed by atoms with Crippen molar-refractivity contribution in [2.24, 2.45) is 0 Å². The Labute approximate surface area is 104 Å². The van der Waals surface area contributed by atoms with Crippen LogP contribution in [0, 0.1) is 0 Å². The highest BCUT2D eigenvalue weighted by molar-refractivity contribution is 5.85. The molecule has 0 amide bonds. The molecule has 1 saturated heterocycles. The van der Waals surface area contributed by atoms with Crippen molar-refractivity contribution in [3.8, 4) is 0 Å². The van der Waals surface area contributed by atoms with E-state index in [9.17, 15) is 0 Å². The molecule has 2 bridgehead atoms. The van der Waals surface area contributed by atoms with E-state index in [2.05, 4.69) is 43.0 Å². The summed E-state index contributed by atoms with van der Waals surface area (Å²) in [5.41, 5.74) is 3.21. The van der Waals surface area contributed by atoms with Gasteiger partial charge in [-0.05, 0) is 37.3 Å². The fraction of sp³-hybridized carbons (Fsp3) is 0.571. The molecule has 0 saturated carbocycles. The van der Waals surface area contributed by atoms with E-state index in [-0.39, 0.29) is 12.4 Å². The molecule has 88 valence electrons. The van der Waals surface area contributed by atoms with E-state index in [1.165, 1.54) is 19.3 Å². The molecule has 16 heavy (non-hydrogen) atoms. The van der Waals surface area contributed by atoms with Crippen LogP contribution in [-0.2, 0) is 0 Å². The molecule has 2 aliphatic heterocycles. The molecule has 1 aromatic rings. The SMILES string of the molecule is CC[C@@H](C)N1C2CCC1c1ccccc12.Cl. The van der Waals surface area contributed by atoms with Crippen molar-refractivity contribution in [2.75, 3.05) is 0 Å². The number of nitrogens with zero attached hydrogens (tertiary/aromatic N) is 1. The van der Waals surface area contributed by atoms with Crippen LogP contribution in [0.3, 0.4) is 0 Å². The number of hydrogen-bond donors (Lipinski definition) is 0. The topological polar surface area (TPSA) is 3.24 Å². The zero-order chi connectivity index (χ0) is 10.4. The molecule has 2 heterocycles. The summed E-state index contributed by atoms with van der Waals surface area (Å²) < 4.78 is 0. The van der Waals surface area contributed by atoms with E-state index in [1.54, 1.807) is 11.1 Å². The highest BCUT2D eigenvalue weighted by atomic mass is 35.5. The summed E-state index contributed by atoms with van der Waals surface area (Å²) in [7, 11) is 0. The van der Waals surface area contributed by atoms with Crippen LogP contribution in [-0.4, -0.2) is 10.9 Å². The van der Waals surface area contributed by atoms with Crippen LogP contribution < -0.4 is 0 Å². The molecular weight excluding hydrogens is 218 g/mol. The van der Waals surface area contributed by atoms with Crippen molar-refractivity contribution in [3.05, 3.63) is 35.4 Å². The smallest absolute Gasteiger partial charge is 0.0361 e. The third-order valence-corrected chi connectivity index (χ3v) is 4.25. The number of rotatable bonds is 2. The molecule has 0 aromatic heterocycles. The Kier molecular flexibility index (Phi) is 3.27. The summed E-state index contributed by atoms with van der Waals surface area (Å²) in [6.07, 6.45) is 4.00. The van der Waals surface area contributed by atoms with Crippen molar-refractivity contribution >= 4 is 12.4 Å². The monoisotopic (exact) mass is 237 g/mol. The minimum atomic E-state index is 0. The molecule has 1 aromatic carbocycles. The lowest BCUT2D eigenvalue weighted by atomic mass is 9.92. The Balaban J connectivity index is 0.000000963. The molecule has 1 nitrogen and oxygen atoms in total. The molecule has 0 N–H and O–H groups in total. The normalized spacial score (nSPS) is 28.6. The first-order chi connectivity index (χ1) is 7.33. The Morgan fingerprint density at radius 1 is 1.19 bits per heavy atom. The van der Waals surface area contributed by atoms with Gasteiger partial charge in [0.2, 0.25) is 0 Å². The van der Waals surface area contributed by atoms with E-state index in [1.807, 2.05) is 0 Å². The first kappa shape index (κ1) is 11.9. The molecule has 1 fully saturated rings. The van der Waals surface area contributed by atoms with Crippen molar-refractivity contribution in [1.29, 1.82) is 0 Å². The lowest BCUT2D eigenvalue weighted by Gasteiger charge is -2.28. The molecule has 2 aliphatic rings. The molecule has 2 heteroatoms. The van der Waals surface area contributed by atoms with Crippen LogP contribution in [0.25, 0.3) is 0 Å². The Morgan fingerprint density at radius 2 is 1.69 bits per heavy atom. The van der Waals surface area contributed by atoms with Gasteiger partial charge in [0.15, 0.2) is 0 Å². The predicted molar refractivity (Wildman–Crippen MR) is 70.0 cm³/mol. The van der Waals surface area contributed by atoms with Crippen LogP contribution in [0.15, 0.2) is 24.3 Å². The van der Waals surface area contributed by atoms with E-state index in [0.717, 1.165) is 18.1 Å². The van der Waals surface area contributed by atoms with Crippen LogP contribution in [0.5, 0.6) is 0 Å². The summed E-state index contributed by atoms with van der Waals surface area (Å²) in [5.74, 6) is 0. The fourth-order valence-corrected chi connectivity index (χ4v) is 3.41. The van der Waals surface area contributed by atoms with Crippen LogP contribution in [0.2, 0.25) is 0 Å². The van der Waals surface area contributed by atoms with E-state index >= 15 is 0 Å². The largest absolute Gasteiger partial charge is 0.287 e. The Bertz CT molecular complexity index is 346. The first-order valence-corrected chi connectivity index (χ1v) is 6.19. The van der Waals surface area contributed by atoms with Gasteiger partial charge in [0, 0.05) is 18.1 Å². The van der Waals surface area contributed by atoms with Gasteiger partial charge in [-0.15, -0.1) is 12.4 Å². The minimum Gasteiger partial charge on any atom is -0.287 e. The fourth-order valence-electron chi connectivity index (χ4n) is 3.41. The summed E-state index contributed by atoms with van der Waals surface area (Å²) in [6.45, 7) is 4.67. The second-order valence-electron chi connectivity index (χ2n) is 4.94. The van der Waals surface area contributed by atoms with Gasteiger partial charge >= 0.3 is 0 Å². The van der Waals surface area contributed by atoms with E-state index < -0.39 is 0 Å². The van der Waals surface area contributed by atoms with Crippen molar-refractivity contribution < 1.29 is 0 Å². The van der Waals surface area contributed by atoms with Gasteiger partial charge in [-0.25, -0.2) is 0 Å². The van der Waals surface area contributed by atoms with Gasteiger partial charge in [-0.1, -0.05) is 31.2 Å². The third-order valence-electron chi connectivity index (χ3n) is 4.25. The Morgan fingerprint density at radius 3 is 2.12 bits per heavy atom. The molecule has 0 aliphatic carbocycles. The van der Waals surface area contributed by atoms with Crippen molar-refractivity contribution in [2.45, 2.75) is 51.2 Å². The summed E-state index contributed by atoms with van der Waals surface area (Å²) in [4.78, 5) is 2.74. The van der Waals surface area contributed by atoms with Crippen LogP contribution in [0.1, 0.15) is 56.3 Å². The molecule has 2 unspecified atom stereocenters. The highest BCUT2D eigenvalue weighted by Crippen LogP contribution is 2.53. The number of hydrogen-bond acceptors (Lipinski definition) is 1. The number of halogens is 1. The van der Waals surface area contributed by atoms with Gasteiger partial charge in [-0.3, -0.25) is 4.90 Å². The summed E-state index contributed by atoms with van der Waals surface area (Å²) in [5, 5.41) is 0. The molecular formula is C14H20ClN. The molecule has 0 radical (unpaired) electrons. The lowest BCUT2D eigenvalue weighted by molar-refractivity contribution is 0.158. The molecule has 3 rings (SSSR count). The zero-order valence-electron chi connectivity index (χ0n) is 10.0. The van der Waals surface area contributed by atoms with Gasteiger partial charge in [0.1, 0.15) is 0 Å². The summed E-state index contributed by atoms with van der Waals surface area (Å²) in [6, 6.07) is 11.2. The van der Waals surface area contributed by atoms with E-state index in [4.69, 9.17) is 0 Å². The third kappa shape index (κ3) is 1.49. The second kappa shape index (κ2) is 4.38. The minimum absolute atomic E-state index is 0. The Hall–Kier alpha value is -0.530. The second-order valence-corrected chi connectivity index (χ2v) is 4.94. The highest BCUT2D eigenvalue weighted by Gasteiger charge is 2.44. The standard InChI is InChI=1S/C14H19N.ClH/c1-3-10(2)15-13-8-9-14(15)12-7-5-4-6-11(12)13;/h4-7,10,13-14H,3,8-9H2,1-2H3;1H/t10-,13?,14?;/m1./s1. The zero-order valence-corrected chi connectivity index (χ0v) is 10.8. The van der Waals surface area contributed by atoms with Gasteiger partial charge < -0.3 is 0 Å². The van der Waals surface area contributed by atoms with Crippen LogP contribution >= 0.6 is 12.4 Å². The quantitative estimate of drug-likeness (QED) is 0.749. The average Bonchev–Trinajstić information content (AvgIpc) is 2.84. The average molecular weight is 238 g/mol. The maximum Gasteiger partial charge on any atom is 0.0361 e. The van der Waals surface area contributed by atoms with Gasteiger partial charge in [0.05, 0.1) is 0 Å². The first-order valence-electron chi connectivity index (χ1n) is 6.19. The van der Waals surface area contributed by atoms with Crippen molar-refractivity contribution in [1.82, 2.24) is 4.90 Å².